The predicted molar refractivity (Wildman–Crippen MR) is 92.6 cm³/mol. The van der Waals surface area contributed by atoms with Crippen molar-refractivity contribution in [3.05, 3.63) is 35.9 Å². The van der Waals surface area contributed by atoms with E-state index in [0.29, 0.717) is 19.1 Å². The number of β-amino-alcohol motifs (C(OH)–C–C–N with tert-alkyl or cyclic N) is 1. The molecule has 1 N–H and O–H groups in total. The van der Waals surface area contributed by atoms with Crippen LogP contribution in [0.2, 0.25) is 0 Å². The van der Waals surface area contributed by atoms with E-state index < -0.39 is 6.10 Å². The Hall–Kier alpha value is -1.43. The van der Waals surface area contributed by atoms with Crippen LogP contribution in [-0.2, 0) is 9.53 Å². The summed E-state index contributed by atoms with van der Waals surface area (Å²) in [5, 5.41) is 10.4. The van der Waals surface area contributed by atoms with Gasteiger partial charge in [-0.2, -0.15) is 0 Å². The van der Waals surface area contributed by atoms with Crippen LogP contribution >= 0.6 is 0 Å². The Labute approximate surface area is 144 Å². The number of aliphatic hydroxyl groups is 1. The summed E-state index contributed by atoms with van der Waals surface area (Å²) in [6.45, 7) is 4.23. The van der Waals surface area contributed by atoms with E-state index in [1.807, 2.05) is 37.4 Å². The van der Waals surface area contributed by atoms with Gasteiger partial charge in [-0.25, -0.2) is 0 Å². The lowest BCUT2D eigenvalue weighted by atomic mass is 9.95. The molecule has 0 radical (unpaired) electrons. The summed E-state index contributed by atoms with van der Waals surface area (Å²) < 4.78 is 5.06. The third-order valence-electron chi connectivity index (χ3n) is 5.31. The fourth-order valence-electron chi connectivity index (χ4n) is 3.80. The maximum atomic E-state index is 11.7. The molecule has 5 nitrogen and oxygen atoms in total. The summed E-state index contributed by atoms with van der Waals surface area (Å²) in [5.41, 5.74) is 0.985. The molecule has 3 rings (SSSR count). The summed E-state index contributed by atoms with van der Waals surface area (Å²) >= 11 is 0. The molecule has 1 aromatic rings. The monoisotopic (exact) mass is 332 g/mol. The number of nitrogens with zero attached hydrogens (tertiary/aromatic N) is 2. The Bertz CT molecular complexity index is 529. The van der Waals surface area contributed by atoms with E-state index in [0.717, 1.165) is 44.5 Å². The zero-order chi connectivity index (χ0) is 16.9. The largest absolute Gasteiger partial charge is 0.464 e. The van der Waals surface area contributed by atoms with Gasteiger partial charge < -0.3 is 14.7 Å². The highest BCUT2D eigenvalue weighted by molar-refractivity contribution is 5.77. The topological polar surface area (TPSA) is 53.0 Å². The van der Waals surface area contributed by atoms with E-state index >= 15 is 0 Å². The zero-order valence-corrected chi connectivity index (χ0v) is 14.4. The van der Waals surface area contributed by atoms with Crippen molar-refractivity contribution < 1.29 is 14.6 Å². The lowest BCUT2D eigenvalue weighted by molar-refractivity contribution is -0.142. The van der Waals surface area contributed by atoms with Gasteiger partial charge >= 0.3 is 5.97 Å². The molecule has 2 atom stereocenters. The first kappa shape index (κ1) is 17.4. The van der Waals surface area contributed by atoms with Crippen LogP contribution in [0.3, 0.4) is 0 Å². The van der Waals surface area contributed by atoms with Crippen molar-refractivity contribution in [1.29, 1.82) is 0 Å². The minimum Gasteiger partial charge on any atom is -0.464 e. The van der Waals surface area contributed by atoms with Gasteiger partial charge in [0.2, 0.25) is 0 Å². The fraction of sp³-hybridized carbons (Fsp3) is 0.632. The van der Waals surface area contributed by atoms with Gasteiger partial charge in [0.05, 0.1) is 12.7 Å². The summed E-state index contributed by atoms with van der Waals surface area (Å²) in [7, 11) is 2.03. The van der Waals surface area contributed by atoms with Crippen molar-refractivity contribution in [2.75, 3.05) is 39.8 Å². The number of carbonyl (C=O) groups is 1. The van der Waals surface area contributed by atoms with E-state index in [1.54, 1.807) is 0 Å². The SMILES string of the molecule is CN(CC1CCN(C[C@H](O)c2ccccc2)CC1)[C@H]1CCOC1=O. The highest BCUT2D eigenvalue weighted by Gasteiger charge is 2.32. The number of likely N-dealkylation sites (N-methyl/N-ethyl adjacent to an activating group) is 1. The van der Waals surface area contributed by atoms with Gasteiger partial charge in [0, 0.05) is 19.5 Å². The van der Waals surface area contributed by atoms with Gasteiger partial charge in [0.1, 0.15) is 6.04 Å². The van der Waals surface area contributed by atoms with Gasteiger partial charge in [-0.3, -0.25) is 9.69 Å². The van der Waals surface area contributed by atoms with Gasteiger partial charge in [-0.15, -0.1) is 0 Å². The molecule has 0 aliphatic carbocycles. The highest BCUT2D eigenvalue weighted by Crippen LogP contribution is 2.23. The van der Waals surface area contributed by atoms with Crippen LogP contribution in [-0.4, -0.2) is 66.8 Å². The molecule has 132 valence electrons. The minimum absolute atomic E-state index is 0.0528. The molecule has 2 aliphatic heterocycles. The van der Waals surface area contributed by atoms with Crippen molar-refractivity contribution in [1.82, 2.24) is 9.80 Å². The molecule has 2 aliphatic rings. The van der Waals surface area contributed by atoms with E-state index in [2.05, 4.69) is 9.80 Å². The maximum Gasteiger partial charge on any atom is 0.323 e. The first-order valence-corrected chi connectivity index (χ1v) is 8.95. The number of cyclic esters (lactones) is 1. The Kier molecular flexibility index (Phi) is 5.87. The Morgan fingerprint density at radius 2 is 1.96 bits per heavy atom. The van der Waals surface area contributed by atoms with Gasteiger partial charge in [-0.05, 0) is 44.5 Å². The van der Waals surface area contributed by atoms with E-state index in [1.165, 1.54) is 0 Å². The number of piperidine rings is 1. The molecule has 0 spiro atoms. The molecule has 1 aromatic carbocycles. The predicted octanol–water partition coefficient (Wildman–Crippen LogP) is 1.68. The highest BCUT2D eigenvalue weighted by atomic mass is 16.5. The Balaban J connectivity index is 1.41. The second kappa shape index (κ2) is 8.10. The molecule has 0 aromatic heterocycles. The van der Waals surface area contributed by atoms with E-state index in [4.69, 9.17) is 4.74 Å². The van der Waals surface area contributed by atoms with Crippen molar-refractivity contribution in [3.63, 3.8) is 0 Å². The second-order valence-corrected chi connectivity index (χ2v) is 7.08. The molecule has 2 saturated heterocycles. The minimum atomic E-state index is -0.418. The molecular weight excluding hydrogens is 304 g/mol. The third kappa shape index (κ3) is 4.35. The van der Waals surface area contributed by atoms with Crippen LogP contribution in [0.4, 0.5) is 0 Å². The van der Waals surface area contributed by atoms with Crippen LogP contribution in [0.1, 0.15) is 30.9 Å². The Morgan fingerprint density at radius 1 is 1.25 bits per heavy atom. The molecule has 0 bridgehead atoms. The molecule has 5 heteroatoms. The molecule has 2 fully saturated rings. The second-order valence-electron chi connectivity index (χ2n) is 7.08. The van der Waals surface area contributed by atoms with Crippen LogP contribution in [0.25, 0.3) is 0 Å². The van der Waals surface area contributed by atoms with Crippen molar-refractivity contribution in [2.45, 2.75) is 31.4 Å². The number of esters is 1. The summed E-state index contributed by atoms with van der Waals surface area (Å²) in [5.74, 6) is 0.550. The molecule has 0 unspecified atom stereocenters. The number of carbonyl (C=O) groups excluding carboxylic acids is 1. The number of hydrogen-bond acceptors (Lipinski definition) is 5. The van der Waals surface area contributed by atoms with Gasteiger partial charge in [0.15, 0.2) is 0 Å². The lowest BCUT2D eigenvalue weighted by Gasteiger charge is -2.35. The number of ether oxygens (including phenoxy) is 1. The molecule has 2 heterocycles. The Morgan fingerprint density at radius 3 is 2.58 bits per heavy atom. The molecular formula is C19H28N2O3. The summed E-state index contributed by atoms with van der Waals surface area (Å²) in [4.78, 5) is 16.2. The van der Waals surface area contributed by atoms with E-state index in [-0.39, 0.29) is 12.0 Å². The van der Waals surface area contributed by atoms with Gasteiger partial charge in [-0.1, -0.05) is 30.3 Å². The summed E-state index contributed by atoms with van der Waals surface area (Å²) in [6.07, 6.45) is 2.64. The van der Waals surface area contributed by atoms with Crippen LogP contribution < -0.4 is 0 Å². The number of rotatable bonds is 6. The molecule has 0 amide bonds. The maximum absolute atomic E-state index is 11.7. The fourth-order valence-corrected chi connectivity index (χ4v) is 3.80. The van der Waals surface area contributed by atoms with Crippen LogP contribution in [0.15, 0.2) is 30.3 Å². The van der Waals surface area contributed by atoms with Crippen molar-refractivity contribution in [2.24, 2.45) is 5.92 Å². The molecule has 0 saturated carbocycles. The van der Waals surface area contributed by atoms with E-state index in [9.17, 15) is 9.90 Å². The number of likely N-dealkylation sites (tertiary alicyclic amines) is 1. The normalized spacial score (nSPS) is 24.3. The number of aliphatic hydroxyl groups excluding tert-OH is 1. The quantitative estimate of drug-likeness (QED) is 0.803. The average Bonchev–Trinajstić information content (AvgIpc) is 3.03. The lowest BCUT2D eigenvalue weighted by Crippen LogP contribution is -2.43. The first-order chi connectivity index (χ1) is 11.6. The number of hydrogen-bond donors (Lipinski definition) is 1. The zero-order valence-electron chi connectivity index (χ0n) is 14.4. The standard InChI is InChI=1S/C19H28N2O3/c1-20(17-9-12-24-19(17)23)13-15-7-10-21(11-8-15)14-18(22)16-5-3-2-4-6-16/h2-6,15,17-18,22H,7-14H2,1H3/t17-,18-/m0/s1. The molecule has 24 heavy (non-hydrogen) atoms. The first-order valence-electron chi connectivity index (χ1n) is 8.95. The third-order valence-corrected chi connectivity index (χ3v) is 5.31. The summed E-state index contributed by atoms with van der Waals surface area (Å²) in [6, 6.07) is 9.81. The average molecular weight is 332 g/mol. The van der Waals surface area contributed by atoms with Crippen LogP contribution in [0, 0.1) is 5.92 Å². The van der Waals surface area contributed by atoms with Crippen molar-refractivity contribution in [3.8, 4) is 0 Å². The smallest absolute Gasteiger partial charge is 0.323 e. The van der Waals surface area contributed by atoms with Crippen LogP contribution in [0.5, 0.6) is 0 Å². The van der Waals surface area contributed by atoms with Gasteiger partial charge in [0.25, 0.3) is 0 Å². The van der Waals surface area contributed by atoms with Crippen molar-refractivity contribution >= 4 is 5.97 Å². The number of benzene rings is 1.